The molecule has 5 nitrogen and oxygen atoms in total. The number of aliphatic hydroxyl groups is 1. The Balaban J connectivity index is 2.22. The van der Waals surface area contributed by atoms with Gasteiger partial charge >= 0.3 is 0 Å². The van der Waals surface area contributed by atoms with Crippen molar-refractivity contribution in [2.75, 3.05) is 11.9 Å². The summed E-state index contributed by atoms with van der Waals surface area (Å²) in [5.74, 6) is 0.962. The van der Waals surface area contributed by atoms with Gasteiger partial charge in [0.2, 0.25) is 0 Å². The molecule has 0 amide bonds. The van der Waals surface area contributed by atoms with Gasteiger partial charge in [-0.2, -0.15) is 5.10 Å². The molecule has 0 saturated carbocycles. The van der Waals surface area contributed by atoms with E-state index in [1.165, 1.54) is 0 Å². The molecule has 2 rings (SSSR count). The van der Waals surface area contributed by atoms with Crippen molar-refractivity contribution in [3.63, 3.8) is 0 Å². The smallest absolute Gasteiger partial charge is 0.128 e. The third-order valence-electron chi connectivity index (χ3n) is 2.91. The Bertz CT molecular complexity index is 506. The summed E-state index contributed by atoms with van der Waals surface area (Å²) >= 11 is 1.63. The lowest BCUT2D eigenvalue weighted by Crippen LogP contribution is -2.13. The van der Waals surface area contributed by atoms with E-state index in [2.05, 4.69) is 22.3 Å². The summed E-state index contributed by atoms with van der Waals surface area (Å²) in [7, 11) is 0. The summed E-state index contributed by atoms with van der Waals surface area (Å²) in [6, 6.07) is 0.136. The molecule has 0 saturated heterocycles. The van der Waals surface area contributed by atoms with Gasteiger partial charge in [-0.1, -0.05) is 0 Å². The number of nitrogens with zero attached hydrogens (tertiary/aromatic N) is 3. The zero-order valence-corrected chi connectivity index (χ0v) is 11.7. The predicted octanol–water partition coefficient (Wildman–Crippen LogP) is 2.12. The van der Waals surface area contributed by atoms with Crippen molar-refractivity contribution >= 4 is 17.2 Å². The molecule has 18 heavy (non-hydrogen) atoms. The molecule has 0 fully saturated rings. The summed E-state index contributed by atoms with van der Waals surface area (Å²) < 4.78 is 1.81. The minimum absolute atomic E-state index is 0.0842. The van der Waals surface area contributed by atoms with Crippen LogP contribution in [0.2, 0.25) is 0 Å². The van der Waals surface area contributed by atoms with Gasteiger partial charge in [0.1, 0.15) is 10.8 Å². The standard InChI is InChI=1S/C12H18N4OS/c1-8-9(2)15-16(5-6-17)11(8)14-10(3)12-13-4-7-18-12/h4,7,10,14,17H,5-6H2,1-3H3/t10-/m1/s1. The van der Waals surface area contributed by atoms with Crippen molar-refractivity contribution < 1.29 is 5.11 Å². The minimum Gasteiger partial charge on any atom is -0.394 e. The number of hydrogen-bond acceptors (Lipinski definition) is 5. The molecule has 6 heteroatoms. The van der Waals surface area contributed by atoms with Crippen LogP contribution in [-0.4, -0.2) is 26.5 Å². The van der Waals surface area contributed by atoms with Gasteiger partial charge in [0.05, 0.1) is 24.9 Å². The first-order chi connectivity index (χ1) is 8.63. The molecule has 0 unspecified atom stereocenters. The molecule has 98 valence electrons. The first kappa shape index (κ1) is 13.0. The fourth-order valence-electron chi connectivity index (χ4n) is 1.83. The Kier molecular flexibility index (Phi) is 3.98. The van der Waals surface area contributed by atoms with Crippen LogP contribution < -0.4 is 5.32 Å². The fourth-order valence-corrected chi connectivity index (χ4v) is 2.47. The lowest BCUT2D eigenvalue weighted by Gasteiger charge is -2.15. The van der Waals surface area contributed by atoms with E-state index in [4.69, 9.17) is 5.11 Å². The maximum atomic E-state index is 9.06. The van der Waals surface area contributed by atoms with Gasteiger partial charge in [0.25, 0.3) is 0 Å². The van der Waals surface area contributed by atoms with Crippen molar-refractivity contribution in [1.82, 2.24) is 14.8 Å². The number of aromatic nitrogens is 3. The second-order valence-corrected chi connectivity index (χ2v) is 5.17. The molecule has 0 spiro atoms. The van der Waals surface area contributed by atoms with Crippen molar-refractivity contribution in [1.29, 1.82) is 0 Å². The van der Waals surface area contributed by atoms with E-state index in [-0.39, 0.29) is 12.6 Å². The van der Waals surface area contributed by atoms with Crippen LogP contribution in [-0.2, 0) is 6.54 Å². The van der Waals surface area contributed by atoms with Crippen molar-refractivity contribution in [2.45, 2.75) is 33.4 Å². The molecule has 0 aliphatic carbocycles. The van der Waals surface area contributed by atoms with Crippen LogP contribution >= 0.6 is 11.3 Å². The van der Waals surface area contributed by atoms with Crippen molar-refractivity contribution in [3.8, 4) is 0 Å². The summed E-state index contributed by atoms with van der Waals surface area (Å²) in [5.41, 5.74) is 2.10. The van der Waals surface area contributed by atoms with E-state index in [1.807, 2.05) is 23.9 Å². The highest BCUT2D eigenvalue weighted by Gasteiger charge is 2.15. The number of nitrogens with one attached hydrogen (secondary N) is 1. The zero-order valence-electron chi connectivity index (χ0n) is 10.8. The Morgan fingerprint density at radius 1 is 1.50 bits per heavy atom. The minimum atomic E-state index is 0.0842. The largest absolute Gasteiger partial charge is 0.394 e. The predicted molar refractivity (Wildman–Crippen MR) is 72.9 cm³/mol. The number of aryl methyl sites for hydroxylation is 1. The van der Waals surface area contributed by atoms with Crippen LogP contribution in [0.3, 0.4) is 0 Å². The molecule has 2 aromatic heterocycles. The van der Waals surface area contributed by atoms with E-state index in [1.54, 1.807) is 17.5 Å². The fraction of sp³-hybridized carbons (Fsp3) is 0.500. The molecule has 1 atom stereocenters. The second-order valence-electron chi connectivity index (χ2n) is 4.24. The van der Waals surface area contributed by atoms with E-state index in [0.717, 1.165) is 22.1 Å². The highest BCUT2D eigenvalue weighted by molar-refractivity contribution is 7.09. The van der Waals surface area contributed by atoms with Gasteiger partial charge in [-0.3, -0.25) is 0 Å². The number of rotatable bonds is 5. The van der Waals surface area contributed by atoms with E-state index in [9.17, 15) is 0 Å². The average molecular weight is 266 g/mol. The van der Waals surface area contributed by atoms with E-state index in [0.29, 0.717) is 6.54 Å². The van der Waals surface area contributed by atoms with Gasteiger partial charge < -0.3 is 10.4 Å². The van der Waals surface area contributed by atoms with Crippen molar-refractivity contribution in [2.24, 2.45) is 0 Å². The van der Waals surface area contributed by atoms with Crippen LogP contribution in [0.5, 0.6) is 0 Å². The van der Waals surface area contributed by atoms with Crippen LogP contribution in [0.4, 0.5) is 5.82 Å². The summed E-state index contributed by atoms with van der Waals surface area (Å²) in [6.07, 6.45) is 1.81. The molecule has 0 radical (unpaired) electrons. The zero-order chi connectivity index (χ0) is 13.1. The Morgan fingerprint density at radius 2 is 2.28 bits per heavy atom. The first-order valence-electron chi connectivity index (χ1n) is 5.94. The van der Waals surface area contributed by atoms with Gasteiger partial charge in [0.15, 0.2) is 0 Å². The number of hydrogen-bond donors (Lipinski definition) is 2. The van der Waals surface area contributed by atoms with Gasteiger partial charge in [-0.25, -0.2) is 9.67 Å². The van der Waals surface area contributed by atoms with Crippen LogP contribution in [0.15, 0.2) is 11.6 Å². The topological polar surface area (TPSA) is 63.0 Å². The molecule has 0 aliphatic rings. The molecule has 0 aromatic carbocycles. The molecular weight excluding hydrogens is 248 g/mol. The monoisotopic (exact) mass is 266 g/mol. The van der Waals surface area contributed by atoms with Gasteiger partial charge in [0, 0.05) is 17.1 Å². The normalized spacial score (nSPS) is 12.7. The quantitative estimate of drug-likeness (QED) is 0.870. The van der Waals surface area contributed by atoms with Crippen LogP contribution in [0.25, 0.3) is 0 Å². The number of aliphatic hydroxyl groups excluding tert-OH is 1. The maximum absolute atomic E-state index is 9.06. The summed E-state index contributed by atoms with van der Waals surface area (Å²) in [6.45, 7) is 6.67. The Morgan fingerprint density at radius 3 is 2.89 bits per heavy atom. The molecule has 0 bridgehead atoms. The van der Waals surface area contributed by atoms with Gasteiger partial charge in [-0.05, 0) is 20.8 Å². The number of thiazole rings is 1. The lowest BCUT2D eigenvalue weighted by atomic mass is 10.2. The molecule has 2 N–H and O–H groups in total. The SMILES string of the molecule is Cc1nn(CCO)c(N[C@H](C)c2nccs2)c1C. The molecule has 2 aromatic rings. The molecule has 2 heterocycles. The number of anilines is 1. The third-order valence-corrected chi connectivity index (χ3v) is 3.87. The van der Waals surface area contributed by atoms with Crippen LogP contribution in [0.1, 0.15) is 29.2 Å². The summed E-state index contributed by atoms with van der Waals surface area (Å²) in [5, 5.41) is 19.9. The Hall–Kier alpha value is -1.40. The van der Waals surface area contributed by atoms with Crippen LogP contribution in [0, 0.1) is 13.8 Å². The third kappa shape index (κ3) is 2.54. The molecular formula is C12H18N4OS. The van der Waals surface area contributed by atoms with E-state index < -0.39 is 0 Å². The highest BCUT2D eigenvalue weighted by atomic mass is 32.1. The summed E-state index contributed by atoms with van der Waals surface area (Å²) in [4.78, 5) is 4.30. The lowest BCUT2D eigenvalue weighted by molar-refractivity contribution is 0.270. The highest BCUT2D eigenvalue weighted by Crippen LogP contribution is 2.25. The maximum Gasteiger partial charge on any atom is 0.128 e. The Labute approximate surface area is 110 Å². The second kappa shape index (κ2) is 5.49. The van der Waals surface area contributed by atoms with Crippen molar-refractivity contribution in [3.05, 3.63) is 27.8 Å². The van der Waals surface area contributed by atoms with E-state index >= 15 is 0 Å². The molecule has 0 aliphatic heterocycles. The average Bonchev–Trinajstić information content (AvgIpc) is 2.94. The first-order valence-corrected chi connectivity index (χ1v) is 6.82. The van der Waals surface area contributed by atoms with Gasteiger partial charge in [-0.15, -0.1) is 11.3 Å².